The third-order valence-corrected chi connectivity index (χ3v) is 6.68. The molecule has 1 heterocycles. The Morgan fingerprint density at radius 1 is 1.06 bits per heavy atom. The molecule has 1 unspecified atom stereocenters. The Bertz CT molecular complexity index is 1250. The molecule has 3 aromatic carbocycles. The molecule has 0 aromatic heterocycles. The van der Waals surface area contributed by atoms with Gasteiger partial charge in [-0.15, -0.1) is 0 Å². The predicted molar refractivity (Wildman–Crippen MR) is 133 cm³/mol. The van der Waals surface area contributed by atoms with E-state index in [9.17, 15) is 14.9 Å². The summed E-state index contributed by atoms with van der Waals surface area (Å²) in [5.74, 6) is -0.735. The van der Waals surface area contributed by atoms with E-state index in [1.807, 2.05) is 55.5 Å². The summed E-state index contributed by atoms with van der Waals surface area (Å²) in [6.07, 6.45) is 0.494. The average Bonchev–Trinajstić information content (AvgIpc) is 3.13. The van der Waals surface area contributed by atoms with Gasteiger partial charge in [-0.1, -0.05) is 71.4 Å². The van der Waals surface area contributed by atoms with Crippen molar-refractivity contribution in [3.8, 4) is 6.07 Å². The molecule has 0 bridgehead atoms. The number of aryl methyl sites for hydroxylation is 1. The fraction of sp³-hybridized carbons (Fsp3) is 0.115. The predicted octanol–water partition coefficient (Wildman–Crippen LogP) is 5.71. The molecular weight excluding hydrogens is 454 g/mol. The molecule has 1 atom stereocenters. The number of nitriles is 1. The second kappa shape index (κ2) is 9.95. The van der Waals surface area contributed by atoms with Crippen molar-refractivity contribution in [3.05, 3.63) is 106 Å². The van der Waals surface area contributed by atoms with Crippen LogP contribution in [0.25, 0.3) is 0 Å². The Balaban J connectivity index is 1.70. The number of para-hydroxylation sites is 1. The molecule has 0 spiro atoms. The number of thioether (sulfide) groups is 1. The number of anilines is 2. The Morgan fingerprint density at radius 3 is 2.36 bits per heavy atom. The van der Waals surface area contributed by atoms with Gasteiger partial charge in [0.2, 0.25) is 5.91 Å². The van der Waals surface area contributed by atoms with E-state index in [1.165, 1.54) is 16.7 Å². The summed E-state index contributed by atoms with van der Waals surface area (Å²) >= 11 is 7.16. The van der Waals surface area contributed by atoms with Crippen LogP contribution in [-0.2, 0) is 16.0 Å². The van der Waals surface area contributed by atoms with Gasteiger partial charge in [0.1, 0.15) is 16.7 Å². The normalized spacial score (nSPS) is 16.9. The van der Waals surface area contributed by atoms with Crippen molar-refractivity contribution < 1.29 is 9.59 Å². The third-order valence-electron chi connectivity index (χ3n) is 5.16. The highest BCUT2D eigenvalue weighted by atomic mass is 35.5. The summed E-state index contributed by atoms with van der Waals surface area (Å²) in [5.41, 5.74) is 3.17. The third kappa shape index (κ3) is 5.11. The van der Waals surface area contributed by atoms with E-state index in [1.54, 1.807) is 36.4 Å². The molecule has 33 heavy (non-hydrogen) atoms. The quantitative estimate of drug-likeness (QED) is 0.380. The summed E-state index contributed by atoms with van der Waals surface area (Å²) in [5, 5.41) is 13.0. The number of hydrogen-bond donors (Lipinski definition) is 1. The van der Waals surface area contributed by atoms with Gasteiger partial charge in [-0.25, -0.2) is 0 Å². The number of benzene rings is 3. The number of halogens is 1. The van der Waals surface area contributed by atoms with E-state index in [0.717, 1.165) is 11.1 Å². The van der Waals surface area contributed by atoms with Crippen molar-refractivity contribution in [1.29, 1.82) is 5.26 Å². The Morgan fingerprint density at radius 2 is 1.73 bits per heavy atom. The molecule has 7 heteroatoms. The minimum absolute atomic E-state index is 0.112. The van der Waals surface area contributed by atoms with Gasteiger partial charge in [0, 0.05) is 16.4 Å². The molecule has 1 saturated heterocycles. The second-order valence-corrected chi connectivity index (χ2v) is 9.19. The van der Waals surface area contributed by atoms with Gasteiger partial charge in [-0.05, 0) is 55.3 Å². The zero-order valence-electron chi connectivity index (χ0n) is 17.8. The van der Waals surface area contributed by atoms with Crippen LogP contribution >= 0.6 is 23.4 Å². The van der Waals surface area contributed by atoms with Crippen molar-refractivity contribution in [2.24, 2.45) is 0 Å². The van der Waals surface area contributed by atoms with E-state index < -0.39 is 11.2 Å². The topological polar surface area (TPSA) is 73.2 Å². The monoisotopic (exact) mass is 473 g/mol. The van der Waals surface area contributed by atoms with Crippen molar-refractivity contribution in [1.82, 2.24) is 0 Å². The lowest BCUT2D eigenvalue weighted by atomic mass is 10.1. The van der Waals surface area contributed by atoms with Crippen LogP contribution in [-0.4, -0.2) is 17.1 Å². The molecule has 0 radical (unpaired) electrons. The maximum atomic E-state index is 13.4. The minimum Gasteiger partial charge on any atom is -0.321 e. The van der Waals surface area contributed by atoms with Crippen LogP contribution in [0.3, 0.4) is 0 Å². The first-order valence-electron chi connectivity index (χ1n) is 10.3. The fourth-order valence-corrected chi connectivity index (χ4v) is 4.90. The molecule has 0 aliphatic carbocycles. The lowest BCUT2D eigenvalue weighted by Gasteiger charge is -2.18. The molecule has 1 aliphatic rings. The van der Waals surface area contributed by atoms with Crippen molar-refractivity contribution >= 4 is 46.6 Å². The molecule has 3 aromatic rings. The molecule has 0 saturated carbocycles. The Hall–Kier alpha value is -3.53. The number of nitrogens with zero attached hydrogens (tertiary/aromatic N) is 2. The van der Waals surface area contributed by atoms with Crippen molar-refractivity contribution in [2.45, 2.75) is 18.6 Å². The van der Waals surface area contributed by atoms with Gasteiger partial charge in [-0.3, -0.25) is 14.5 Å². The minimum atomic E-state index is -0.577. The largest absolute Gasteiger partial charge is 0.321 e. The van der Waals surface area contributed by atoms with Crippen LogP contribution < -0.4 is 10.2 Å². The lowest BCUT2D eigenvalue weighted by molar-refractivity contribution is -0.117. The fourth-order valence-electron chi connectivity index (χ4n) is 3.46. The highest BCUT2D eigenvalue weighted by Gasteiger charge is 2.40. The van der Waals surface area contributed by atoms with E-state index in [4.69, 9.17) is 11.6 Å². The highest BCUT2D eigenvalue weighted by Crippen LogP contribution is 2.42. The van der Waals surface area contributed by atoms with Crippen molar-refractivity contribution in [2.75, 3.05) is 10.2 Å². The SMILES string of the molecule is Cc1ccc(CC2SC(=C(C#N)C(=O)Nc3ccc(Cl)cc3)N(c3ccccc3)C2=O)cc1. The number of rotatable bonds is 5. The van der Waals surface area contributed by atoms with Crippen LogP contribution in [0.4, 0.5) is 11.4 Å². The second-order valence-electron chi connectivity index (χ2n) is 7.56. The van der Waals surface area contributed by atoms with Gasteiger partial charge in [0.15, 0.2) is 0 Å². The average molecular weight is 474 g/mol. The summed E-state index contributed by atoms with van der Waals surface area (Å²) in [6.45, 7) is 2.01. The van der Waals surface area contributed by atoms with E-state index in [0.29, 0.717) is 27.8 Å². The van der Waals surface area contributed by atoms with E-state index in [-0.39, 0.29) is 11.5 Å². The standard InChI is InChI=1S/C26H20ClN3O2S/c1-17-7-9-18(10-8-17)15-23-25(32)30(21-5-3-2-4-6-21)26(33-23)22(16-28)24(31)29-20-13-11-19(27)12-14-20/h2-14,23H,15H2,1H3,(H,29,31). The summed E-state index contributed by atoms with van der Waals surface area (Å²) in [6, 6.07) is 25.7. The summed E-state index contributed by atoms with van der Waals surface area (Å²) in [7, 11) is 0. The zero-order chi connectivity index (χ0) is 23.4. The van der Waals surface area contributed by atoms with Gasteiger partial charge < -0.3 is 5.32 Å². The Labute approximate surface area is 201 Å². The number of carbonyl (C=O) groups excluding carboxylic acids is 2. The maximum Gasteiger partial charge on any atom is 0.269 e. The first-order valence-corrected chi connectivity index (χ1v) is 11.5. The van der Waals surface area contributed by atoms with Crippen LogP contribution in [0.1, 0.15) is 11.1 Å². The highest BCUT2D eigenvalue weighted by molar-refractivity contribution is 8.05. The summed E-state index contributed by atoms with van der Waals surface area (Å²) in [4.78, 5) is 27.9. The molecule has 1 N–H and O–H groups in total. The van der Waals surface area contributed by atoms with Crippen LogP contribution in [0.5, 0.6) is 0 Å². The molecule has 4 rings (SSSR count). The Kier molecular flexibility index (Phi) is 6.83. The molecule has 2 amide bonds. The molecule has 1 aliphatic heterocycles. The number of carbonyl (C=O) groups is 2. The van der Waals surface area contributed by atoms with Gasteiger partial charge >= 0.3 is 0 Å². The van der Waals surface area contributed by atoms with Gasteiger partial charge in [0.25, 0.3) is 5.91 Å². The number of hydrogen-bond acceptors (Lipinski definition) is 4. The lowest BCUT2D eigenvalue weighted by Crippen LogP contribution is -2.30. The van der Waals surface area contributed by atoms with Gasteiger partial charge in [-0.2, -0.15) is 5.26 Å². The smallest absolute Gasteiger partial charge is 0.269 e. The molecular formula is C26H20ClN3O2S. The molecule has 164 valence electrons. The molecule has 1 fully saturated rings. The zero-order valence-corrected chi connectivity index (χ0v) is 19.4. The first-order chi connectivity index (χ1) is 16.0. The van der Waals surface area contributed by atoms with Crippen LogP contribution in [0.2, 0.25) is 5.02 Å². The van der Waals surface area contributed by atoms with Crippen molar-refractivity contribution in [3.63, 3.8) is 0 Å². The summed E-state index contributed by atoms with van der Waals surface area (Å²) < 4.78 is 0. The van der Waals surface area contributed by atoms with E-state index in [2.05, 4.69) is 5.32 Å². The first kappa shape index (κ1) is 22.7. The number of amides is 2. The maximum absolute atomic E-state index is 13.4. The van der Waals surface area contributed by atoms with E-state index >= 15 is 0 Å². The molecule has 5 nitrogen and oxygen atoms in total. The number of nitrogens with one attached hydrogen (secondary N) is 1. The van der Waals surface area contributed by atoms with Crippen LogP contribution in [0, 0.1) is 18.3 Å². The van der Waals surface area contributed by atoms with Gasteiger partial charge in [0.05, 0.1) is 5.25 Å². The van der Waals surface area contributed by atoms with Crippen LogP contribution in [0.15, 0.2) is 89.5 Å².